The zero-order valence-electron chi connectivity index (χ0n) is 9.31. The van der Waals surface area contributed by atoms with Crippen LogP contribution in [0.1, 0.15) is 23.9 Å². The minimum atomic E-state index is 0.280. The van der Waals surface area contributed by atoms with Crippen molar-refractivity contribution in [3.63, 3.8) is 0 Å². The summed E-state index contributed by atoms with van der Waals surface area (Å²) in [5.74, 6) is 0.594. The third-order valence-corrected chi connectivity index (χ3v) is 4.03. The summed E-state index contributed by atoms with van der Waals surface area (Å²) in [7, 11) is 0. The van der Waals surface area contributed by atoms with Crippen LogP contribution >= 0.6 is 0 Å². The van der Waals surface area contributed by atoms with Crippen molar-refractivity contribution in [2.75, 3.05) is 6.61 Å². The Morgan fingerprint density at radius 3 is 2.67 bits per heavy atom. The Hall–Kier alpha value is -0.800. The maximum atomic E-state index is 6.24. The number of fused-ring (bicyclic) bond motifs is 1. The molecule has 4 unspecified atom stereocenters. The van der Waals surface area contributed by atoms with Crippen LogP contribution < -0.4 is 5.73 Å². The number of aryl methyl sites for hydroxylation is 2. The predicted octanol–water partition coefficient (Wildman–Crippen LogP) is 1.39. The molecule has 0 spiro atoms. The third-order valence-electron chi connectivity index (χ3n) is 4.03. The number of ether oxygens (including phenoxy) is 1. The normalized spacial score (nSPS) is 38.9. The smallest absolute Gasteiger partial charge is 0.0841 e. The van der Waals surface area contributed by atoms with Gasteiger partial charge in [-0.1, -0.05) is 0 Å². The first kappa shape index (κ1) is 9.43. The van der Waals surface area contributed by atoms with Gasteiger partial charge in [0.2, 0.25) is 0 Å². The molecule has 4 atom stereocenters. The van der Waals surface area contributed by atoms with Gasteiger partial charge in [-0.15, -0.1) is 0 Å². The molecule has 3 nitrogen and oxygen atoms in total. The monoisotopic (exact) mass is 206 g/mol. The lowest BCUT2D eigenvalue weighted by Gasteiger charge is -2.47. The van der Waals surface area contributed by atoms with Crippen molar-refractivity contribution in [2.24, 2.45) is 11.7 Å². The van der Waals surface area contributed by atoms with Crippen LogP contribution in [0.25, 0.3) is 0 Å². The summed E-state index contributed by atoms with van der Waals surface area (Å²) in [6.45, 7) is 5.17. The fourth-order valence-corrected chi connectivity index (χ4v) is 3.19. The minimum absolute atomic E-state index is 0.280. The van der Waals surface area contributed by atoms with E-state index in [0.717, 1.165) is 13.0 Å². The van der Waals surface area contributed by atoms with Crippen LogP contribution in [-0.2, 0) is 4.74 Å². The molecule has 0 bridgehead atoms. The Balaban J connectivity index is 1.95. The van der Waals surface area contributed by atoms with Crippen molar-refractivity contribution in [1.29, 1.82) is 0 Å². The molecule has 3 heteroatoms. The quantitative estimate of drug-likeness (QED) is 0.754. The van der Waals surface area contributed by atoms with Crippen molar-refractivity contribution in [1.82, 2.24) is 4.57 Å². The first-order valence-corrected chi connectivity index (χ1v) is 5.72. The molecule has 15 heavy (non-hydrogen) atoms. The number of nitrogens with zero attached hydrogens (tertiary/aromatic N) is 1. The van der Waals surface area contributed by atoms with Crippen LogP contribution in [0.4, 0.5) is 0 Å². The number of nitrogens with two attached hydrogens (primary N) is 1. The highest BCUT2D eigenvalue weighted by molar-refractivity contribution is 5.20. The van der Waals surface area contributed by atoms with Crippen molar-refractivity contribution < 1.29 is 4.74 Å². The second-order valence-corrected chi connectivity index (χ2v) is 4.84. The van der Waals surface area contributed by atoms with Gasteiger partial charge in [0.1, 0.15) is 0 Å². The van der Waals surface area contributed by atoms with Gasteiger partial charge >= 0.3 is 0 Å². The second kappa shape index (κ2) is 3.09. The molecule has 2 heterocycles. The van der Waals surface area contributed by atoms with Gasteiger partial charge in [-0.05, 0) is 32.4 Å². The summed E-state index contributed by atoms with van der Waals surface area (Å²) in [6.07, 6.45) is 1.51. The summed E-state index contributed by atoms with van der Waals surface area (Å²) in [6, 6.07) is 4.96. The first-order chi connectivity index (χ1) is 7.20. The van der Waals surface area contributed by atoms with Gasteiger partial charge in [-0.2, -0.15) is 0 Å². The molecule has 1 aliphatic heterocycles. The van der Waals surface area contributed by atoms with Gasteiger partial charge in [-0.25, -0.2) is 0 Å². The maximum Gasteiger partial charge on any atom is 0.0841 e. The van der Waals surface area contributed by atoms with Crippen molar-refractivity contribution in [2.45, 2.75) is 38.5 Å². The molecule has 2 fully saturated rings. The topological polar surface area (TPSA) is 40.2 Å². The molecule has 1 saturated carbocycles. The van der Waals surface area contributed by atoms with Crippen LogP contribution in [0, 0.1) is 19.8 Å². The number of rotatable bonds is 1. The molecular weight excluding hydrogens is 188 g/mol. The highest BCUT2D eigenvalue weighted by atomic mass is 16.5. The third kappa shape index (κ3) is 1.13. The molecule has 1 saturated heterocycles. The van der Waals surface area contributed by atoms with E-state index in [-0.39, 0.29) is 6.04 Å². The fourth-order valence-electron chi connectivity index (χ4n) is 3.19. The van der Waals surface area contributed by atoms with Crippen LogP contribution in [0.3, 0.4) is 0 Å². The number of hydrogen-bond acceptors (Lipinski definition) is 2. The lowest BCUT2D eigenvalue weighted by atomic mass is 9.72. The fraction of sp³-hybridized carbons (Fsp3) is 0.667. The van der Waals surface area contributed by atoms with E-state index >= 15 is 0 Å². The van der Waals surface area contributed by atoms with Gasteiger partial charge < -0.3 is 15.0 Å². The summed E-state index contributed by atoms with van der Waals surface area (Å²) in [5, 5.41) is 0. The summed E-state index contributed by atoms with van der Waals surface area (Å²) < 4.78 is 8.11. The van der Waals surface area contributed by atoms with Gasteiger partial charge in [0.25, 0.3) is 0 Å². The number of hydrogen-bond donors (Lipinski definition) is 1. The van der Waals surface area contributed by atoms with E-state index in [4.69, 9.17) is 10.5 Å². The summed E-state index contributed by atoms with van der Waals surface area (Å²) >= 11 is 0. The van der Waals surface area contributed by atoms with Gasteiger partial charge in [0.15, 0.2) is 0 Å². The van der Waals surface area contributed by atoms with E-state index < -0.39 is 0 Å². The Labute approximate surface area is 90.2 Å². The molecule has 2 aliphatic rings. The van der Waals surface area contributed by atoms with Crippen LogP contribution in [0.5, 0.6) is 0 Å². The highest BCUT2D eigenvalue weighted by Crippen LogP contribution is 2.46. The van der Waals surface area contributed by atoms with E-state index in [1.807, 2.05) is 0 Å². The Morgan fingerprint density at radius 1 is 1.33 bits per heavy atom. The van der Waals surface area contributed by atoms with Crippen molar-refractivity contribution >= 4 is 0 Å². The Morgan fingerprint density at radius 2 is 2.00 bits per heavy atom. The van der Waals surface area contributed by atoms with Crippen LogP contribution in [-0.4, -0.2) is 23.3 Å². The molecule has 1 aliphatic carbocycles. The molecule has 2 N–H and O–H groups in total. The first-order valence-electron chi connectivity index (χ1n) is 5.72. The molecule has 0 amide bonds. The molecule has 1 aromatic heterocycles. The van der Waals surface area contributed by atoms with Crippen molar-refractivity contribution in [3.8, 4) is 0 Å². The lowest BCUT2D eigenvalue weighted by molar-refractivity contribution is -0.0366. The molecule has 0 aromatic carbocycles. The summed E-state index contributed by atoms with van der Waals surface area (Å²) in [5.41, 5.74) is 8.82. The Kier molecular flexibility index (Phi) is 1.94. The van der Waals surface area contributed by atoms with Crippen molar-refractivity contribution in [3.05, 3.63) is 23.5 Å². The van der Waals surface area contributed by atoms with Gasteiger partial charge in [0, 0.05) is 30.0 Å². The molecule has 82 valence electrons. The second-order valence-electron chi connectivity index (χ2n) is 4.84. The van der Waals surface area contributed by atoms with E-state index in [1.54, 1.807) is 0 Å². The standard InChI is InChI=1S/C12H18N2O/c1-7-3-4-8(2)14(7)11-10(13)9-5-6-15-12(9)11/h3-4,9-12H,5-6,13H2,1-2H3. The van der Waals surface area contributed by atoms with E-state index in [0.29, 0.717) is 18.1 Å². The van der Waals surface area contributed by atoms with E-state index in [9.17, 15) is 0 Å². The molecule has 1 aromatic rings. The average molecular weight is 206 g/mol. The largest absolute Gasteiger partial charge is 0.376 e. The highest BCUT2D eigenvalue weighted by Gasteiger charge is 2.53. The number of aromatic nitrogens is 1. The molecule has 3 rings (SSSR count). The Bertz CT molecular complexity index is 365. The molecular formula is C12H18N2O. The average Bonchev–Trinajstić information content (AvgIpc) is 2.77. The molecule has 0 radical (unpaired) electrons. The lowest BCUT2D eigenvalue weighted by Crippen LogP contribution is -2.58. The van der Waals surface area contributed by atoms with Gasteiger partial charge in [0.05, 0.1) is 12.1 Å². The zero-order chi connectivity index (χ0) is 10.6. The minimum Gasteiger partial charge on any atom is -0.376 e. The predicted molar refractivity (Wildman–Crippen MR) is 58.8 cm³/mol. The maximum absolute atomic E-state index is 6.24. The van der Waals surface area contributed by atoms with Crippen LogP contribution in [0.2, 0.25) is 0 Å². The van der Waals surface area contributed by atoms with E-state index in [2.05, 4.69) is 30.5 Å². The van der Waals surface area contributed by atoms with Gasteiger partial charge in [-0.3, -0.25) is 0 Å². The zero-order valence-corrected chi connectivity index (χ0v) is 9.31. The summed E-state index contributed by atoms with van der Waals surface area (Å²) in [4.78, 5) is 0. The van der Waals surface area contributed by atoms with E-state index in [1.165, 1.54) is 11.4 Å². The van der Waals surface area contributed by atoms with Crippen LogP contribution in [0.15, 0.2) is 12.1 Å². The SMILES string of the molecule is Cc1ccc(C)n1C1C(N)C2CCOC21.